The van der Waals surface area contributed by atoms with E-state index in [4.69, 9.17) is 28.6 Å². The van der Waals surface area contributed by atoms with Gasteiger partial charge in [0.2, 0.25) is 0 Å². The highest BCUT2D eigenvalue weighted by molar-refractivity contribution is 8.22. The van der Waals surface area contributed by atoms with E-state index in [9.17, 15) is 9.59 Å². The molecule has 7 heteroatoms. The maximum atomic E-state index is 13.8. The summed E-state index contributed by atoms with van der Waals surface area (Å²) in [4.78, 5) is 29.5. The van der Waals surface area contributed by atoms with Gasteiger partial charge < -0.3 is 9.64 Å². The minimum absolute atomic E-state index is 0.00827. The zero-order chi connectivity index (χ0) is 27.2. The maximum Gasteiger partial charge on any atom is 0.310 e. The molecule has 0 spiro atoms. The normalized spacial score (nSPS) is 20.6. The lowest BCUT2D eigenvalue weighted by molar-refractivity contribution is -0.152. The zero-order valence-corrected chi connectivity index (χ0v) is 24.1. The molecule has 2 fully saturated rings. The number of thioether (sulfide) groups is 1. The number of nitrogens with zero attached hydrogens (tertiary/aromatic N) is 1. The van der Waals surface area contributed by atoms with Gasteiger partial charge in [0.05, 0.1) is 5.92 Å². The van der Waals surface area contributed by atoms with Gasteiger partial charge in [-0.25, -0.2) is 0 Å². The average molecular weight is 578 g/mol. The molecule has 1 aliphatic carbocycles. The van der Waals surface area contributed by atoms with E-state index in [1.807, 2.05) is 78.9 Å². The SMILES string of the molecule is O=C(c1ccc(-c2ccc(Cl)cc2)cc1)C1CC[C@@H](CSC(=S)N2CCCC2)C1C(=O)OCc1ccccc1. The fourth-order valence-corrected chi connectivity index (χ4v) is 7.21. The summed E-state index contributed by atoms with van der Waals surface area (Å²) in [5, 5.41) is 0.686. The lowest BCUT2D eigenvalue weighted by atomic mass is 9.84. The van der Waals surface area contributed by atoms with E-state index in [0.29, 0.717) is 17.0 Å². The summed E-state index contributed by atoms with van der Waals surface area (Å²) >= 11 is 13.4. The number of hydrogen-bond donors (Lipinski definition) is 0. The first-order valence-electron chi connectivity index (χ1n) is 13.5. The Hall–Kier alpha value is -2.67. The molecule has 2 aliphatic rings. The number of thiocarbonyl (C=S) groups is 1. The van der Waals surface area contributed by atoms with Gasteiger partial charge in [0.15, 0.2) is 5.78 Å². The molecule has 39 heavy (non-hydrogen) atoms. The number of ketones is 1. The number of carbonyl (C=O) groups is 2. The molecule has 1 saturated heterocycles. The molecule has 0 N–H and O–H groups in total. The van der Waals surface area contributed by atoms with Crippen LogP contribution in [0.5, 0.6) is 0 Å². The Bertz CT molecular complexity index is 1290. The third-order valence-electron chi connectivity index (χ3n) is 7.75. The highest BCUT2D eigenvalue weighted by atomic mass is 35.5. The molecule has 0 radical (unpaired) electrons. The first kappa shape index (κ1) is 27.9. The van der Waals surface area contributed by atoms with Crippen LogP contribution in [0.25, 0.3) is 11.1 Å². The number of ether oxygens (including phenoxy) is 1. The topological polar surface area (TPSA) is 46.6 Å². The van der Waals surface area contributed by atoms with Crippen LogP contribution >= 0.6 is 35.6 Å². The standard InChI is InChI=1S/C32H32ClNO3S2/c33-27-15-12-24(13-16-27)23-8-10-25(11-9-23)30(35)28-17-14-26(21-39-32(38)34-18-4-5-19-34)29(28)31(36)37-20-22-6-2-1-3-7-22/h1-3,6-13,15-16,26,28-29H,4-5,14,17-21H2/t26-,28?,29?/m0/s1. The molecule has 1 heterocycles. The summed E-state index contributed by atoms with van der Waals surface area (Å²) in [5.41, 5.74) is 3.61. The molecule has 4 nitrogen and oxygen atoms in total. The molecule has 1 saturated carbocycles. The fraction of sp³-hybridized carbons (Fsp3) is 0.344. The molecule has 0 amide bonds. The Morgan fingerprint density at radius 2 is 1.54 bits per heavy atom. The third-order valence-corrected chi connectivity index (χ3v) is 9.72. The lowest BCUT2D eigenvalue weighted by Gasteiger charge is -2.24. The summed E-state index contributed by atoms with van der Waals surface area (Å²) in [5.74, 6) is -0.397. The molecular weight excluding hydrogens is 546 g/mol. The van der Waals surface area contributed by atoms with E-state index >= 15 is 0 Å². The van der Waals surface area contributed by atoms with Crippen molar-refractivity contribution in [3.05, 3.63) is 95.0 Å². The Morgan fingerprint density at radius 3 is 2.21 bits per heavy atom. The van der Waals surface area contributed by atoms with Crippen molar-refractivity contribution in [1.82, 2.24) is 4.90 Å². The number of Topliss-reactive ketones (excluding diaryl/α,β-unsaturated/α-hetero) is 1. The maximum absolute atomic E-state index is 13.8. The van der Waals surface area contributed by atoms with E-state index in [2.05, 4.69) is 4.90 Å². The minimum atomic E-state index is -0.481. The number of likely N-dealkylation sites (tertiary alicyclic amines) is 1. The second-order valence-electron chi connectivity index (χ2n) is 10.3. The largest absolute Gasteiger partial charge is 0.461 e. The molecule has 0 bridgehead atoms. The number of carbonyl (C=O) groups excluding carboxylic acids is 2. The first-order chi connectivity index (χ1) is 19.0. The summed E-state index contributed by atoms with van der Waals surface area (Å²) in [6.45, 7) is 2.22. The summed E-state index contributed by atoms with van der Waals surface area (Å²) in [6, 6.07) is 24.9. The van der Waals surface area contributed by atoms with Gasteiger partial charge in [-0.05, 0) is 60.4 Å². The Labute approximate surface area is 245 Å². The van der Waals surface area contributed by atoms with Crippen LogP contribution in [-0.2, 0) is 16.1 Å². The number of rotatable bonds is 8. The third kappa shape index (κ3) is 6.92. The fourth-order valence-electron chi connectivity index (χ4n) is 5.60. The zero-order valence-electron chi connectivity index (χ0n) is 21.8. The Morgan fingerprint density at radius 1 is 0.897 bits per heavy atom. The molecule has 2 unspecified atom stereocenters. The van der Waals surface area contributed by atoms with Crippen molar-refractivity contribution < 1.29 is 14.3 Å². The van der Waals surface area contributed by atoms with Crippen LogP contribution in [-0.4, -0.2) is 39.8 Å². The predicted molar refractivity (Wildman–Crippen MR) is 163 cm³/mol. The molecule has 3 aromatic rings. The van der Waals surface area contributed by atoms with Gasteiger partial charge in [-0.15, -0.1) is 0 Å². The lowest BCUT2D eigenvalue weighted by Crippen LogP contribution is -2.33. The van der Waals surface area contributed by atoms with E-state index in [1.165, 1.54) is 12.8 Å². The van der Waals surface area contributed by atoms with Crippen LogP contribution < -0.4 is 0 Å². The van der Waals surface area contributed by atoms with Crippen LogP contribution in [0, 0.1) is 17.8 Å². The van der Waals surface area contributed by atoms with Gasteiger partial charge in [0.1, 0.15) is 10.9 Å². The van der Waals surface area contributed by atoms with Crippen molar-refractivity contribution in [2.45, 2.75) is 32.3 Å². The van der Waals surface area contributed by atoms with Crippen molar-refractivity contribution in [2.24, 2.45) is 17.8 Å². The van der Waals surface area contributed by atoms with Gasteiger partial charge >= 0.3 is 5.97 Å². The van der Waals surface area contributed by atoms with Gasteiger partial charge in [0, 0.05) is 35.3 Å². The van der Waals surface area contributed by atoms with Crippen molar-refractivity contribution in [3.8, 4) is 11.1 Å². The average Bonchev–Trinajstić information content (AvgIpc) is 3.66. The summed E-state index contributed by atoms with van der Waals surface area (Å²) < 4.78 is 6.70. The quantitative estimate of drug-likeness (QED) is 0.155. The second kappa shape index (κ2) is 13.1. The highest BCUT2D eigenvalue weighted by Crippen LogP contribution is 2.42. The van der Waals surface area contributed by atoms with E-state index in [1.54, 1.807) is 11.8 Å². The Kier molecular flexibility index (Phi) is 9.38. The summed E-state index contributed by atoms with van der Waals surface area (Å²) in [6.07, 6.45) is 3.82. The molecule has 3 atom stereocenters. The monoisotopic (exact) mass is 577 g/mol. The minimum Gasteiger partial charge on any atom is -0.461 e. The van der Waals surface area contributed by atoms with Gasteiger partial charge in [-0.2, -0.15) is 0 Å². The molecule has 5 rings (SSSR count). The van der Waals surface area contributed by atoms with Crippen LogP contribution in [0.1, 0.15) is 41.6 Å². The number of esters is 1. The van der Waals surface area contributed by atoms with Crippen molar-refractivity contribution >= 4 is 51.7 Å². The second-order valence-corrected chi connectivity index (χ2v) is 12.4. The van der Waals surface area contributed by atoms with Gasteiger partial charge in [-0.1, -0.05) is 102 Å². The highest BCUT2D eigenvalue weighted by Gasteiger charge is 2.45. The van der Waals surface area contributed by atoms with Crippen LogP contribution in [0.3, 0.4) is 0 Å². The van der Waals surface area contributed by atoms with Crippen molar-refractivity contribution in [1.29, 1.82) is 0 Å². The van der Waals surface area contributed by atoms with Crippen LogP contribution in [0.2, 0.25) is 5.02 Å². The molecule has 1 aliphatic heterocycles. The van der Waals surface area contributed by atoms with Crippen LogP contribution in [0.4, 0.5) is 0 Å². The first-order valence-corrected chi connectivity index (χ1v) is 15.3. The number of halogens is 1. The van der Waals surface area contributed by atoms with Crippen LogP contribution in [0.15, 0.2) is 78.9 Å². The van der Waals surface area contributed by atoms with E-state index < -0.39 is 11.8 Å². The van der Waals surface area contributed by atoms with Crippen molar-refractivity contribution in [2.75, 3.05) is 18.8 Å². The molecule has 202 valence electrons. The molecule has 0 aromatic heterocycles. The Balaban J connectivity index is 1.30. The number of benzene rings is 3. The van der Waals surface area contributed by atoms with Gasteiger partial charge in [-0.3, -0.25) is 9.59 Å². The van der Waals surface area contributed by atoms with Crippen molar-refractivity contribution in [3.63, 3.8) is 0 Å². The molecule has 3 aromatic carbocycles. The van der Waals surface area contributed by atoms with Gasteiger partial charge in [0.25, 0.3) is 0 Å². The smallest absolute Gasteiger partial charge is 0.310 e. The van der Waals surface area contributed by atoms with E-state index in [0.717, 1.165) is 46.3 Å². The molecular formula is C32H32ClNO3S2. The number of hydrogen-bond acceptors (Lipinski definition) is 5. The van der Waals surface area contributed by atoms with E-state index in [-0.39, 0.29) is 24.3 Å². The predicted octanol–water partition coefficient (Wildman–Crippen LogP) is 7.69. The summed E-state index contributed by atoms with van der Waals surface area (Å²) in [7, 11) is 0.